The second-order valence-electron chi connectivity index (χ2n) is 7.52. The molecule has 2 aromatic rings. The fourth-order valence-electron chi connectivity index (χ4n) is 2.77. The first-order valence-corrected chi connectivity index (χ1v) is 9.57. The summed E-state index contributed by atoms with van der Waals surface area (Å²) in [6.45, 7) is 4.93. The van der Waals surface area contributed by atoms with Crippen molar-refractivity contribution in [3.63, 3.8) is 0 Å². The van der Waals surface area contributed by atoms with Gasteiger partial charge in [-0.2, -0.15) is 0 Å². The summed E-state index contributed by atoms with van der Waals surface area (Å²) in [7, 11) is 1.68. The average Bonchev–Trinajstić information content (AvgIpc) is 2.72. The lowest BCUT2D eigenvalue weighted by atomic mass is 9.84. The fraction of sp³-hybridized carbons (Fsp3) is 0.318. The highest BCUT2D eigenvalue weighted by atomic mass is 19.1. The molecule has 0 spiro atoms. The molecule has 0 heterocycles. The largest absolute Gasteiger partial charge is 0.368 e. The predicted molar refractivity (Wildman–Crippen MR) is 116 cm³/mol. The monoisotopic (exact) mass is 413 g/mol. The van der Waals surface area contributed by atoms with Gasteiger partial charge in [0.1, 0.15) is 5.82 Å². The number of amides is 2. The predicted octanol–water partition coefficient (Wildman–Crippen LogP) is 1.68. The van der Waals surface area contributed by atoms with Crippen LogP contribution in [0.5, 0.6) is 0 Å². The molecule has 2 rings (SSSR count). The Balaban J connectivity index is 1.88. The average molecular weight is 413 g/mol. The minimum atomic E-state index is -0.594. The van der Waals surface area contributed by atoms with E-state index in [1.807, 2.05) is 32.0 Å². The first-order chi connectivity index (χ1) is 14.2. The van der Waals surface area contributed by atoms with Crippen LogP contribution in [-0.2, 0) is 16.8 Å². The molecular formula is C22H28FN5O2. The van der Waals surface area contributed by atoms with Crippen LogP contribution in [-0.4, -0.2) is 37.9 Å². The molecule has 2 aromatic carbocycles. The number of benzene rings is 2. The van der Waals surface area contributed by atoms with Gasteiger partial charge >= 0.3 is 0 Å². The highest BCUT2D eigenvalue weighted by molar-refractivity contribution is 5.96. The molecule has 0 radical (unpaired) electrons. The van der Waals surface area contributed by atoms with Gasteiger partial charge in [-0.3, -0.25) is 14.6 Å². The summed E-state index contributed by atoms with van der Waals surface area (Å²) < 4.78 is 13.5. The molecule has 0 aliphatic heterocycles. The highest BCUT2D eigenvalue weighted by Crippen LogP contribution is 2.22. The molecule has 0 saturated heterocycles. The fourth-order valence-corrected chi connectivity index (χ4v) is 2.77. The molecular weight excluding hydrogens is 385 g/mol. The summed E-state index contributed by atoms with van der Waals surface area (Å²) in [4.78, 5) is 26.9. The molecule has 0 bridgehead atoms. The van der Waals surface area contributed by atoms with Crippen LogP contribution in [0.1, 0.15) is 35.3 Å². The lowest BCUT2D eigenvalue weighted by Gasteiger charge is -2.27. The first-order valence-electron chi connectivity index (χ1n) is 9.57. The quantitative estimate of drug-likeness (QED) is 0.390. The van der Waals surface area contributed by atoms with E-state index < -0.39 is 5.91 Å². The zero-order valence-corrected chi connectivity index (χ0v) is 17.5. The number of carbonyl (C=O) groups is 2. The summed E-state index contributed by atoms with van der Waals surface area (Å²) in [5.74, 6) is -0.591. The molecule has 5 N–H and O–H groups in total. The van der Waals surface area contributed by atoms with Crippen molar-refractivity contribution in [1.29, 1.82) is 0 Å². The summed E-state index contributed by atoms with van der Waals surface area (Å²) in [6.07, 6.45) is 0. The van der Waals surface area contributed by atoms with Gasteiger partial charge in [0.25, 0.3) is 5.91 Å². The van der Waals surface area contributed by atoms with Gasteiger partial charge in [0.05, 0.1) is 6.54 Å². The highest BCUT2D eigenvalue weighted by Gasteiger charge is 2.21. The van der Waals surface area contributed by atoms with E-state index in [2.05, 4.69) is 20.9 Å². The molecule has 0 saturated carbocycles. The van der Waals surface area contributed by atoms with E-state index >= 15 is 0 Å². The maximum Gasteiger partial charge on any atom is 0.251 e. The topological polar surface area (TPSA) is 109 Å². The van der Waals surface area contributed by atoms with Gasteiger partial charge in [-0.15, -0.1) is 0 Å². The molecule has 0 unspecified atom stereocenters. The van der Waals surface area contributed by atoms with Gasteiger partial charge in [-0.05, 0) is 35.4 Å². The van der Waals surface area contributed by atoms with Crippen LogP contribution in [0, 0.1) is 5.82 Å². The molecule has 0 aromatic heterocycles. The molecule has 7 nitrogen and oxygen atoms in total. The number of guanidine groups is 1. The lowest BCUT2D eigenvalue weighted by Crippen LogP contribution is -2.43. The van der Waals surface area contributed by atoms with Crippen LogP contribution < -0.4 is 21.7 Å². The Hall–Kier alpha value is -3.42. The minimum Gasteiger partial charge on any atom is -0.368 e. The van der Waals surface area contributed by atoms with Crippen molar-refractivity contribution >= 4 is 17.8 Å². The number of aliphatic imine (C=N–C) groups is 1. The zero-order valence-electron chi connectivity index (χ0n) is 17.5. The van der Waals surface area contributed by atoms with Crippen LogP contribution >= 0.6 is 0 Å². The summed E-state index contributed by atoms with van der Waals surface area (Å²) in [5.41, 5.74) is 7.02. The van der Waals surface area contributed by atoms with Crippen LogP contribution in [0.15, 0.2) is 53.5 Å². The normalized spacial score (nSPS) is 11.7. The number of hydrogen-bond donors (Lipinski definition) is 4. The van der Waals surface area contributed by atoms with Crippen LogP contribution in [0.25, 0.3) is 0 Å². The Kier molecular flexibility index (Phi) is 7.91. The van der Waals surface area contributed by atoms with Gasteiger partial charge < -0.3 is 21.7 Å². The Morgan fingerprint density at radius 1 is 1.07 bits per heavy atom. The molecule has 0 aliphatic rings. The van der Waals surface area contributed by atoms with Crippen molar-refractivity contribution < 1.29 is 14.0 Å². The number of nitrogens with one attached hydrogen (secondary N) is 3. The summed E-state index contributed by atoms with van der Waals surface area (Å²) >= 11 is 0. The maximum absolute atomic E-state index is 13.5. The molecule has 0 atom stereocenters. The lowest BCUT2D eigenvalue weighted by molar-refractivity contribution is -0.117. The van der Waals surface area contributed by atoms with Crippen LogP contribution in [0.3, 0.4) is 0 Å². The first kappa shape index (κ1) is 22.9. The maximum atomic E-state index is 13.5. The molecule has 0 fully saturated rings. The van der Waals surface area contributed by atoms with Crippen LogP contribution in [0.4, 0.5) is 4.39 Å². The van der Waals surface area contributed by atoms with Crippen molar-refractivity contribution in [3.8, 4) is 0 Å². The Morgan fingerprint density at radius 2 is 1.77 bits per heavy atom. The molecule has 0 aliphatic carbocycles. The summed E-state index contributed by atoms with van der Waals surface area (Å²) in [5, 5.41) is 8.92. The van der Waals surface area contributed by atoms with E-state index in [9.17, 15) is 14.0 Å². The summed E-state index contributed by atoms with van der Waals surface area (Å²) in [6, 6.07) is 13.6. The minimum absolute atomic E-state index is 0.198. The van der Waals surface area contributed by atoms with Gasteiger partial charge in [-0.1, -0.05) is 38.1 Å². The number of rotatable bonds is 8. The second-order valence-corrected chi connectivity index (χ2v) is 7.52. The Bertz CT molecular complexity index is 910. The van der Waals surface area contributed by atoms with Crippen molar-refractivity contribution in [2.75, 3.05) is 20.1 Å². The third kappa shape index (κ3) is 6.88. The van der Waals surface area contributed by atoms with Gasteiger partial charge in [-0.25, -0.2) is 4.39 Å². The number of halogens is 1. The second kappa shape index (κ2) is 10.4. The van der Waals surface area contributed by atoms with Crippen LogP contribution in [0.2, 0.25) is 0 Å². The number of primary amides is 1. The molecule has 2 amide bonds. The van der Waals surface area contributed by atoms with Gasteiger partial charge in [0, 0.05) is 31.1 Å². The zero-order chi connectivity index (χ0) is 22.1. The van der Waals surface area contributed by atoms with Crippen molar-refractivity contribution in [2.45, 2.75) is 25.8 Å². The third-order valence-electron chi connectivity index (χ3n) is 4.63. The molecule has 30 heavy (non-hydrogen) atoms. The Labute approximate surface area is 176 Å². The van der Waals surface area contributed by atoms with E-state index in [4.69, 9.17) is 5.73 Å². The molecule has 160 valence electrons. The molecule has 8 heteroatoms. The van der Waals surface area contributed by atoms with Gasteiger partial charge in [0.15, 0.2) is 5.96 Å². The van der Waals surface area contributed by atoms with E-state index in [1.54, 1.807) is 31.3 Å². The third-order valence-corrected chi connectivity index (χ3v) is 4.63. The number of carbonyl (C=O) groups excluding carboxylic acids is 2. The standard InChI is InChI=1S/C22H28FN5O2/c1-22(2,17-5-4-6-18(23)11-17)14-28-21(25-3)27-12-15-7-9-16(10-8-15)20(30)26-13-19(24)29/h4-11H,12-14H2,1-3H3,(H2,24,29)(H,26,30)(H2,25,27,28). The SMILES string of the molecule is CN=C(NCc1ccc(C(=O)NCC(N)=O)cc1)NCC(C)(C)c1cccc(F)c1. The Morgan fingerprint density at radius 3 is 2.37 bits per heavy atom. The van der Waals surface area contributed by atoms with E-state index in [-0.39, 0.29) is 23.7 Å². The van der Waals surface area contributed by atoms with E-state index in [1.165, 1.54) is 6.07 Å². The van der Waals surface area contributed by atoms with Crippen molar-refractivity contribution in [3.05, 3.63) is 71.0 Å². The van der Waals surface area contributed by atoms with Gasteiger partial charge in [0.2, 0.25) is 5.91 Å². The number of nitrogens with zero attached hydrogens (tertiary/aromatic N) is 1. The number of hydrogen-bond acceptors (Lipinski definition) is 3. The number of nitrogens with two attached hydrogens (primary N) is 1. The van der Waals surface area contributed by atoms with Crippen molar-refractivity contribution in [2.24, 2.45) is 10.7 Å². The van der Waals surface area contributed by atoms with Crippen molar-refractivity contribution in [1.82, 2.24) is 16.0 Å². The van der Waals surface area contributed by atoms with E-state index in [0.29, 0.717) is 24.6 Å². The van der Waals surface area contributed by atoms with E-state index in [0.717, 1.165) is 11.1 Å². The smallest absolute Gasteiger partial charge is 0.251 e.